The number of nitrogens with two attached hydrogens (primary N) is 2. The molecule has 0 aromatic heterocycles. The summed E-state index contributed by atoms with van der Waals surface area (Å²) in [5.41, 5.74) is 11.0. The highest BCUT2D eigenvalue weighted by molar-refractivity contribution is 7.87. The Bertz CT molecular complexity index is 574. The maximum absolute atomic E-state index is 12.0. The van der Waals surface area contributed by atoms with Crippen molar-refractivity contribution in [3.63, 3.8) is 0 Å². The van der Waals surface area contributed by atoms with Crippen LogP contribution in [0.5, 0.6) is 0 Å². The van der Waals surface area contributed by atoms with Crippen LogP contribution in [0.1, 0.15) is 65.2 Å². The predicted molar refractivity (Wildman–Crippen MR) is 99.2 cm³/mol. The lowest BCUT2D eigenvalue weighted by Gasteiger charge is -2.14. The maximum atomic E-state index is 12.0. The summed E-state index contributed by atoms with van der Waals surface area (Å²) in [4.78, 5) is 35.6. The molecule has 26 heavy (non-hydrogen) atoms. The van der Waals surface area contributed by atoms with Crippen molar-refractivity contribution < 1.29 is 27.4 Å². The second kappa shape index (κ2) is 12.3. The first-order valence-electron chi connectivity index (χ1n) is 9.04. The van der Waals surface area contributed by atoms with Crippen molar-refractivity contribution in [3.8, 4) is 0 Å². The summed E-state index contributed by atoms with van der Waals surface area (Å²) < 4.78 is 32.2. The number of Topliss-reactive ketones (excluding diaryl/α,β-unsaturated/α-hetero) is 3. The Morgan fingerprint density at radius 1 is 0.962 bits per heavy atom. The largest absolute Gasteiger partial charge is 0.330 e. The van der Waals surface area contributed by atoms with Crippen LogP contribution < -0.4 is 11.5 Å². The fourth-order valence-corrected chi connectivity index (χ4v) is 3.40. The quantitative estimate of drug-likeness (QED) is 0.212. The molecule has 0 radical (unpaired) electrons. The smallest absolute Gasteiger partial charge is 0.274 e. The molecule has 1 unspecified atom stereocenters. The fourth-order valence-electron chi connectivity index (χ4n) is 2.48. The van der Waals surface area contributed by atoms with E-state index < -0.39 is 38.8 Å². The van der Waals surface area contributed by atoms with E-state index in [2.05, 4.69) is 0 Å². The van der Waals surface area contributed by atoms with Gasteiger partial charge < -0.3 is 11.5 Å². The lowest BCUT2D eigenvalue weighted by atomic mass is 9.95. The number of rotatable bonds is 15. The molecule has 0 aromatic rings. The van der Waals surface area contributed by atoms with E-state index >= 15 is 0 Å². The second-order valence-electron chi connectivity index (χ2n) is 6.87. The van der Waals surface area contributed by atoms with E-state index in [0.717, 1.165) is 6.42 Å². The van der Waals surface area contributed by atoms with Gasteiger partial charge in [0.2, 0.25) is 5.78 Å². The first-order valence-corrected chi connectivity index (χ1v) is 10.5. The summed E-state index contributed by atoms with van der Waals surface area (Å²) in [6.45, 7) is 3.99. The van der Waals surface area contributed by atoms with Gasteiger partial charge in [0.25, 0.3) is 10.1 Å². The highest BCUT2D eigenvalue weighted by atomic mass is 32.2. The van der Waals surface area contributed by atoms with Gasteiger partial charge in [0.15, 0.2) is 11.6 Å². The molecule has 0 aliphatic carbocycles. The average Bonchev–Trinajstić information content (AvgIpc) is 2.55. The molecule has 0 saturated carbocycles. The summed E-state index contributed by atoms with van der Waals surface area (Å²) in [6, 6.07) is -0.844. The molecule has 8 nitrogen and oxygen atoms in total. The van der Waals surface area contributed by atoms with E-state index in [4.69, 9.17) is 11.5 Å². The first kappa shape index (κ1) is 24.8. The molecule has 2 atom stereocenters. The Hall–Kier alpha value is -1.16. The molecule has 0 saturated heterocycles. The van der Waals surface area contributed by atoms with Crippen LogP contribution in [0.2, 0.25) is 0 Å². The number of hydrogen-bond donors (Lipinski definition) is 3. The van der Waals surface area contributed by atoms with Crippen LogP contribution >= 0.6 is 0 Å². The maximum Gasteiger partial charge on any atom is 0.274 e. The third kappa shape index (κ3) is 9.51. The average molecular weight is 393 g/mol. The number of hydrogen-bond acceptors (Lipinski definition) is 7. The van der Waals surface area contributed by atoms with Crippen LogP contribution in [0.4, 0.5) is 0 Å². The molecule has 5 N–H and O–H groups in total. The molecule has 0 aliphatic heterocycles. The van der Waals surface area contributed by atoms with E-state index in [0.29, 0.717) is 19.4 Å². The van der Waals surface area contributed by atoms with Crippen molar-refractivity contribution in [1.82, 2.24) is 0 Å². The minimum absolute atomic E-state index is 0.0534. The minimum atomic E-state index is -4.49. The SMILES string of the molecule is CC(C)[C@H](N)C(=O)C(=O)CCCCC(C(=O)CCCCCN)S(=O)(=O)O. The highest BCUT2D eigenvalue weighted by Crippen LogP contribution is 2.16. The zero-order valence-electron chi connectivity index (χ0n) is 15.6. The van der Waals surface area contributed by atoms with Gasteiger partial charge in [-0.15, -0.1) is 0 Å². The van der Waals surface area contributed by atoms with Gasteiger partial charge in [-0.2, -0.15) is 8.42 Å². The number of carbonyl (C=O) groups is 3. The monoisotopic (exact) mass is 392 g/mol. The Labute approximate surface area is 155 Å². The summed E-state index contributed by atoms with van der Waals surface area (Å²) in [5.74, 6) is -1.91. The van der Waals surface area contributed by atoms with Crippen molar-refractivity contribution in [1.29, 1.82) is 0 Å². The van der Waals surface area contributed by atoms with Crippen LogP contribution in [0, 0.1) is 5.92 Å². The summed E-state index contributed by atoms with van der Waals surface area (Å²) >= 11 is 0. The van der Waals surface area contributed by atoms with Crippen molar-refractivity contribution in [3.05, 3.63) is 0 Å². The second-order valence-corrected chi connectivity index (χ2v) is 8.47. The molecular weight excluding hydrogens is 360 g/mol. The molecule has 0 rings (SSSR count). The van der Waals surface area contributed by atoms with Crippen molar-refractivity contribution in [2.75, 3.05) is 6.54 Å². The van der Waals surface area contributed by atoms with Crippen molar-refractivity contribution in [2.24, 2.45) is 17.4 Å². The number of carbonyl (C=O) groups excluding carboxylic acids is 3. The Morgan fingerprint density at radius 2 is 1.54 bits per heavy atom. The molecule has 9 heteroatoms. The molecule has 0 spiro atoms. The fraction of sp³-hybridized carbons (Fsp3) is 0.824. The zero-order chi connectivity index (χ0) is 20.3. The molecule has 0 amide bonds. The summed E-state index contributed by atoms with van der Waals surface area (Å²) in [6.07, 6.45) is 2.39. The van der Waals surface area contributed by atoms with Crippen LogP contribution in [-0.4, -0.2) is 48.2 Å². The van der Waals surface area contributed by atoms with Gasteiger partial charge in [-0.05, 0) is 38.1 Å². The third-order valence-corrected chi connectivity index (χ3v) is 5.48. The molecule has 0 aliphatic rings. The first-order chi connectivity index (χ1) is 12.0. The minimum Gasteiger partial charge on any atom is -0.330 e. The summed E-state index contributed by atoms with van der Waals surface area (Å²) in [5, 5.41) is -1.48. The lowest BCUT2D eigenvalue weighted by molar-refractivity contribution is -0.138. The van der Waals surface area contributed by atoms with Crippen molar-refractivity contribution >= 4 is 27.5 Å². The van der Waals surface area contributed by atoms with Gasteiger partial charge >= 0.3 is 0 Å². The molecule has 0 heterocycles. The summed E-state index contributed by atoms with van der Waals surface area (Å²) in [7, 11) is -4.49. The van der Waals surface area contributed by atoms with E-state index in [1.165, 1.54) is 0 Å². The van der Waals surface area contributed by atoms with Gasteiger partial charge in [-0.3, -0.25) is 18.9 Å². The molecule has 152 valence electrons. The zero-order valence-corrected chi connectivity index (χ0v) is 16.5. The molecule has 0 aromatic carbocycles. The van der Waals surface area contributed by atoms with E-state index in [1.807, 2.05) is 0 Å². The molecule has 0 fully saturated rings. The highest BCUT2D eigenvalue weighted by Gasteiger charge is 2.30. The number of ketones is 3. The Kier molecular flexibility index (Phi) is 11.7. The van der Waals surface area contributed by atoms with E-state index in [1.54, 1.807) is 13.8 Å². The normalized spacial score (nSPS) is 14.2. The Morgan fingerprint density at radius 3 is 2.04 bits per heavy atom. The van der Waals surface area contributed by atoms with Gasteiger partial charge in [0.05, 0.1) is 6.04 Å². The standard InChI is InChI=1S/C17H32N2O6S/c1-12(2)16(19)17(22)14(21)9-5-6-10-15(26(23,24)25)13(20)8-4-3-7-11-18/h12,15-16H,3-11,18-19H2,1-2H3,(H,23,24,25)/t15?,16-/m0/s1. The van der Waals surface area contributed by atoms with Gasteiger partial charge in [-0.1, -0.05) is 26.7 Å². The van der Waals surface area contributed by atoms with E-state index in [-0.39, 0.29) is 38.0 Å². The topological polar surface area (TPSA) is 158 Å². The van der Waals surface area contributed by atoms with Crippen molar-refractivity contribution in [2.45, 2.75) is 76.5 Å². The van der Waals surface area contributed by atoms with Gasteiger partial charge in [-0.25, -0.2) is 0 Å². The third-order valence-electron chi connectivity index (χ3n) is 4.26. The van der Waals surface area contributed by atoms with Crippen LogP contribution in [0.3, 0.4) is 0 Å². The Balaban J connectivity index is 4.45. The van der Waals surface area contributed by atoms with Crippen LogP contribution in [0.25, 0.3) is 0 Å². The number of unbranched alkanes of at least 4 members (excludes halogenated alkanes) is 3. The predicted octanol–water partition coefficient (Wildman–Crippen LogP) is 1.01. The molecule has 0 bridgehead atoms. The van der Waals surface area contributed by atoms with E-state index in [9.17, 15) is 27.4 Å². The van der Waals surface area contributed by atoms with Gasteiger partial charge in [0.1, 0.15) is 5.25 Å². The lowest BCUT2D eigenvalue weighted by Crippen LogP contribution is -2.40. The van der Waals surface area contributed by atoms with Crippen LogP contribution in [-0.2, 0) is 24.5 Å². The van der Waals surface area contributed by atoms with Crippen LogP contribution in [0.15, 0.2) is 0 Å². The molecular formula is C17H32N2O6S. The van der Waals surface area contributed by atoms with Gasteiger partial charge in [0, 0.05) is 12.8 Å².